The number of rotatable bonds is 5. The summed E-state index contributed by atoms with van der Waals surface area (Å²) in [6, 6.07) is 0. The van der Waals surface area contributed by atoms with E-state index < -0.39 is 5.41 Å². The summed E-state index contributed by atoms with van der Waals surface area (Å²) in [6.07, 6.45) is 0. The van der Waals surface area contributed by atoms with E-state index in [1.165, 1.54) is 0 Å². The lowest BCUT2D eigenvalue weighted by atomic mass is 9.93. The number of thiocarbonyl (C=S) groups is 1. The number of nitrogens with one attached hydrogen (secondary N) is 1. The van der Waals surface area contributed by atoms with Crippen LogP contribution in [0.25, 0.3) is 0 Å². The molecule has 0 aliphatic heterocycles. The molecule has 1 rings (SSSR count). The van der Waals surface area contributed by atoms with Gasteiger partial charge in [-0.2, -0.15) is 0 Å². The number of hydrogen-bond donors (Lipinski definition) is 2. The molecule has 0 aliphatic carbocycles. The molecule has 100 valence electrons. The zero-order valence-electron chi connectivity index (χ0n) is 11.0. The van der Waals surface area contributed by atoms with Gasteiger partial charge in [-0.15, -0.1) is 5.10 Å². The van der Waals surface area contributed by atoms with Crippen molar-refractivity contribution in [2.24, 2.45) is 11.1 Å². The first-order chi connectivity index (χ1) is 8.25. The van der Waals surface area contributed by atoms with Crippen LogP contribution in [0.15, 0.2) is 0 Å². The van der Waals surface area contributed by atoms with E-state index in [2.05, 4.69) is 14.9 Å². The van der Waals surface area contributed by atoms with Gasteiger partial charge >= 0.3 is 0 Å². The van der Waals surface area contributed by atoms with Crippen LogP contribution in [0.2, 0.25) is 0 Å². The van der Waals surface area contributed by atoms with Crippen molar-refractivity contribution < 1.29 is 4.79 Å². The Kier molecular flexibility index (Phi) is 4.75. The fraction of sp³-hybridized carbons (Fsp3) is 0.636. The number of nitrogens with two attached hydrogens (primary N) is 1. The van der Waals surface area contributed by atoms with Crippen LogP contribution in [0, 0.1) is 5.41 Å². The minimum Gasteiger partial charge on any atom is -0.393 e. The summed E-state index contributed by atoms with van der Waals surface area (Å²) in [4.78, 5) is 13.0. The van der Waals surface area contributed by atoms with Crippen molar-refractivity contribution in [1.82, 2.24) is 14.9 Å². The van der Waals surface area contributed by atoms with Crippen molar-refractivity contribution in [2.75, 3.05) is 6.54 Å². The third-order valence-electron chi connectivity index (χ3n) is 2.62. The molecule has 0 saturated heterocycles. The number of hydrogen-bond acceptors (Lipinski definition) is 5. The third-order valence-corrected chi connectivity index (χ3v) is 3.92. The molecule has 1 aromatic heterocycles. The largest absolute Gasteiger partial charge is 0.393 e. The highest BCUT2D eigenvalue weighted by atomic mass is 32.1. The summed E-state index contributed by atoms with van der Waals surface area (Å²) < 4.78 is 3.82. The molecule has 1 aromatic rings. The van der Waals surface area contributed by atoms with Gasteiger partial charge in [-0.05, 0) is 17.5 Å². The van der Waals surface area contributed by atoms with Crippen LogP contribution < -0.4 is 11.1 Å². The molecule has 0 radical (unpaired) electrons. The van der Waals surface area contributed by atoms with E-state index in [0.717, 1.165) is 17.2 Å². The Balaban J connectivity index is 2.72. The SMILES string of the molecule is CC(C)c1nnsc1C(=O)NCC(C)(C)C(N)=S. The van der Waals surface area contributed by atoms with E-state index in [1.54, 1.807) is 0 Å². The van der Waals surface area contributed by atoms with Crippen LogP contribution >= 0.6 is 23.8 Å². The first-order valence-electron chi connectivity index (χ1n) is 5.66. The number of carbonyl (C=O) groups is 1. The van der Waals surface area contributed by atoms with E-state index in [9.17, 15) is 4.79 Å². The Morgan fingerprint density at radius 2 is 2.17 bits per heavy atom. The van der Waals surface area contributed by atoms with Crippen molar-refractivity contribution >= 4 is 34.6 Å². The Hall–Kier alpha value is -1.08. The van der Waals surface area contributed by atoms with E-state index in [1.807, 2.05) is 27.7 Å². The molecule has 1 amide bonds. The molecular formula is C11H18N4OS2. The Labute approximate surface area is 116 Å². The molecular weight excluding hydrogens is 268 g/mol. The van der Waals surface area contributed by atoms with Crippen LogP contribution in [0.5, 0.6) is 0 Å². The summed E-state index contributed by atoms with van der Waals surface area (Å²) in [5.41, 5.74) is 5.94. The molecule has 0 unspecified atom stereocenters. The fourth-order valence-corrected chi connectivity index (χ4v) is 2.01. The summed E-state index contributed by atoms with van der Waals surface area (Å²) in [6.45, 7) is 8.14. The van der Waals surface area contributed by atoms with E-state index >= 15 is 0 Å². The Morgan fingerprint density at radius 3 is 2.67 bits per heavy atom. The van der Waals surface area contributed by atoms with Crippen LogP contribution in [0.4, 0.5) is 0 Å². The monoisotopic (exact) mass is 286 g/mol. The first kappa shape index (κ1) is 15.0. The van der Waals surface area contributed by atoms with Crippen molar-refractivity contribution in [3.05, 3.63) is 10.6 Å². The first-order valence-corrected chi connectivity index (χ1v) is 6.84. The highest BCUT2D eigenvalue weighted by Crippen LogP contribution is 2.20. The zero-order valence-corrected chi connectivity index (χ0v) is 12.6. The summed E-state index contributed by atoms with van der Waals surface area (Å²) in [7, 11) is 0. The topological polar surface area (TPSA) is 80.9 Å². The summed E-state index contributed by atoms with van der Waals surface area (Å²) >= 11 is 6.06. The molecule has 0 aliphatic rings. The fourth-order valence-electron chi connectivity index (χ4n) is 1.20. The third kappa shape index (κ3) is 3.46. The standard InChI is InChI=1S/C11H18N4OS2/c1-6(2)7-8(18-15-14-7)9(16)13-5-11(3,4)10(12)17/h6H,5H2,1-4H3,(H2,12,17)(H,13,16). The molecule has 0 bridgehead atoms. The Morgan fingerprint density at radius 1 is 1.56 bits per heavy atom. The Bertz CT molecular complexity index is 454. The van der Waals surface area contributed by atoms with E-state index in [0.29, 0.717) is 16.4 Å². The molecule has 0 atom stereocenters. The number of carbonyl (C=O) groups excluding carboxylic acids is 1. The second-order valence-corrected chi connectivity index (χ2v) is 6.27. The second kappa shape index (κ2) is 5.71. The molecule has 0 saturated carbocycles. The van der Waals surface area contributed by atoms with E-state index in [-0.39, 0.29) is 11.8 Å². The van der Waals surface area contributed by atoms with Crippen LogP contribution in [-0.2, 0) is 0 Å². The molecule has 5 nitrogen and oxygen atoms in total. The molecule has 7 heteroatoms. The average Bonchev–Trinajstić information content (AvgIpc) is 2.74. The summed E-state index contributed by atoms with van der Waals surface area (Å²) in [5, 5.41) is 6.80. The number of amides is 1. The average molecular weight is 286 g/mol. The van der Waals surface area contributed by atoms with Gasteiger partial charge in [0.1, 0.15) is 4.88 Å². The van der Waals surface area contributed by atoms with Gasteiger partial charge in [0.05, 0.1) is 10.7 Å². The molecule has 18 heavy (non-hydrogen) atoms. The van der Waals surface area contributed by atoms with Gasteiger partial charge in [0.25, 0.3) is 5.91 Å². The van der Waals surface area contributed by atoms with E-state index in [4.69, 9.17) is 18.0 Å². The normalized spacial score (nSPS) is 11.6. The van der Waals surface area contributed by atoms with Crippen molar-refractivity contribution in [3.63, 3.8) is 0 Å². The van der Waals surface area contributed by atoms with Crippen LogP contribution in [0.1, 0.15) is 49.0 Å². The molecule has 0 fully saturated rings. The van der Waals surface area contributed by atoms with Gasteiger partial charge in [0.2, 0.25) is 0 Å². The van der Waals surface area contributed by atoms with Crippen molar-refractivity contribution in [2.45, 2.75) is 33.6 Å². The summed E-state index contributed by atoms with van der Waals surface area (Å²) in [5.74, 6) is 0.00567. The lowest BCUT2D eigenvalue weighted by Gasteiger charge is -2.23. The lowest BCUT2D eigenvalue weighted by Crippen LogP contribution is -2.41. The van der Waals surface area contributed by atoms with Gasteiger partial charge in [-0.3, -0.25) is 4.79 Å². The maximum Gasteiger partial charge on any atom is 0.264 e. The van der Waals surface area contributed by atoms with Gasteiger partial charge in [0.15, 0.2) is 0 Å². The smallest absolute Gasteiger partial charge is 0.264 e. The molecule has 3 N–H and O–H groups in total. The predicted octanol–water partition coefficient (Wildman–Crippen LogP) is 1.70. The minimum atomic E-state index is -0.402. The zero-order chi connectivity index (χ0) is 13.9. The van der Waals surface area contributed by atoms with Crippen LogP contribution in [-0.4, -0.2) is 27.0 Å². The van der Waals surface area contributed by atoms with Gasteiger partial charge < -0.3 is 11.1 Å². The number of nitrogens with zero attached hydrogens (tertiary/aromatic N) is 2. The predicted molar refractivity (Wildman–Crippen MR) is 76.9 cm³/mol. The highest BCUT2D eigenvalue weighted by molar-refractivity contribution is 7.80. The maximum atomic E-state index is 12.0. The second-order valence-electron chi connectivity index (χ2n) is 5.07. The van der Waals surface area contributed by atoms with Gasteiger partial charge in [-0.1, -0.05) is 44.4 Å². The maximum absolute atomic E-state index is 12.0. The number of aromatic nitrogens is 2. The molecule has 1 heterocycles. The highest BCUT2D eigenvalue weighted by Gasteiger charge is 2.24. The minimum absolute atomic E-state index is 0.168. The van der Waals surface area contributed by atoms with Gasteiger partial charge in [0, 0.05) is 12.0 Å². The van der Waals surface area contributed by atoms with Crippen molar-refractivity contribution in [1.29, 1.82) is 0 Å². The van der Waals surface area contributed by atoms with Crippen molar-refractivity contribution in [3.8, 4) is 0 Å². The molecule has 0 aromatic carbocycles. The quantitative estimate of drug-likeness (QED) is 0.805. The lowest BCUT2D eigenvalue weighted by molar-refractivity contribution is 0.0947. The molecule has 0 spiro atoms. The van der Waals surface area contributed by atoms with Gasteiger partial charge in [-0.25, -0.2) is 0 Å². The van der Waals surface area contributed by atoms with Crippen LogP contribution in [0.3, 0.4) is 0 Å².